The minimum absolute atomic E-state index is 0.656. The van der Waals surface area contributed by atoms with Crippen LogP contribution in [-0.4, -0.2) is 14.8 Å². The summed E-state index contributed by atoms with van der Waals surface area (Å²) < 4.78 is 1.73. The van der Waals surface area contributed by atoms with Crippen LogP contribution in [0.2, 0.25) is 0 Å². The Labute approximate surface area is 106 Å². The Morgan fingerprint density at radius 3 is 2.89 bits per heavy atom. The Kier molecular flexibility index (Phi) is 2.60. The summed E-state index contributed by atoms with van der Waals surface area (Å²) in [6.45, 7) is 0. The summed E-state index contributed by atoms with van der Waals surface area (Å²) in [6, 6.07) is 4.26. The van der Waals surface area contributed by atoms with Gasteiger partial charge in [0.15, 0.2) is 0 Å². The van der Waals surface area contributed by atoms with Crippen LogP contribution in [0.4, 0.5) is 0 Å². The molecule has 18 heavy (non-hydrogen) atoms. The van der Waals surface area contributed by atoms with E-state index in [1.807, 2.05) is 19.3 Å². The van der Waals surface area contributed by atoms with Gasteiger partial charge < -0.3 is 0 Å². The van der Waals surface area contributed by atoms with Gasteiger partial charge in [-0.05, 0) is 37.3 Å². The molecule has 2 aromatic heterocycles. The minimum Gasteiger partial charge on any atom is -0.275 e. The van der Waals surface area contributed by atoms with E-state index in [0.29, 0.717) is 5.56 Å². The number of rotatable bonds is 1. The third-order valence-corrected chi connectivity index (χ3v) is 3.40. The van der Waals surface area contributed by atoms with Gasteiger partial charge in [0.1, 0.15) is 6.07 Å². The molecule has 1 aliphatic rings. The second-order valence-electron chi connectivity index (χ2n) is 4.71. The molecule has 0 aromatic carbocycles. The van der Waals surface area contributed by atoms with Crippen molar-refractivity contribution in [3.63, 3.8) is 0 Å². The van der Waals surface area contributed by atoms with Crippen LogP contribution >= 0.6 is 0 Å². The molecule has 0 saturated carbocycles. The fraction of sp³-hybridized carbons (Fsp3) is 0.357. The number of aryl methyl sites for hydroxylation is 3. The zero-order chi connectivity index (χ0) is 12.5. The summed E-state index contributed by atoms with van der Waals surface area (Å²) in [5, 5.41) is 13.4. The number of fused-ring (bicyclic) bond motifs is 1. The molecule has 0 amide bonds. The molecule has 0 radical (unpaired) electrons. The van der Waals surface area contributed by atoms with Crippen molar-refractivity contribution in [1.29, 1.82) is 5.26 Å². The standard InChI is InChI=1S/C14H14N4/c1-18-9-12(8-16-18)14-11(7-15)6-10-4-2-3-5-13(10)17-14/h6,8-9H,2-5H2,1H3. The SMILES string of the molecule is Cn1cc(-c2nc3c(cc2C#N)CCCC3)cn1. The van der Waals surface area contributed by atoms with E-state index in [1.165, 1.54) is 18.4 Å². The van der Waals surface area contributed by atoms with Crippen LogP contribution in [0.15, 0.2) is 18.5 Å². The first-order chi connectivity index (χ1) is 8.78. The van der Waals surface area contributed by atoms with Crippen molar-refractivity contribution in [2.75, 3.05) is 0 Å². The Hall–Kier alpha value is -2.15. The first-order valence-corrected chi connectivity index (χ1v) is 6.20. The van der Waals surface area contributed by atoms with Gasteiger partial charge in [-0.2, -0.15) is 10.4 Å². The highest BCUT2D eigenvalue weighted by molar-refractivity contribution is 5.66. The molecule has 4 heteroatoms. The lowest BCUT2D eigenvalue weighted by Gasteiger charge is -2.16. The lowest BCUT2D eigenvalue weighted by molar-refractivity contribution is 0.668. The average Bonchev–Trinajstić information content (AvgIpc) is 2.83. The molecule has 0 saturated heterocycles. The third kappa shape index (κ3) is 1.78. The van der Waals surface area contributed by atoms with Crippen molar-refractivity contribution in [3.8, 4) is 17.3 Å². The highest BCUT2D eigenvalue weighted by atomic mass is 15.2. The maximum atomic E-state index is 9.27. The van der Waals surface area contributed by atoms with Crippen molar-refractivity contribution in [2.24, 2.45) is 7.05 Å². The van der Waals surface area contributed by atoms with Crippen molar-refractivity contribution >= 4 is 0 Å². The van der Waals surface area contributed by atoms with Gasteiger partial charge in [-0.25, -0.2) is 0 Å². The van der Waals surface area contributed by atoms with Crippen molar-refractivity contribution in [3.05, 3.63) is 35.3 Å². The lowest BCUT2D eigenvalue weighted by Crippen LogP contribution is -2.07. The molecule has 0 spiro atoms. The summed E-state index contributed by atoms with van der Waals surface area (Å²) in [7, 11) is 1.87. The first-order valence-electron chi connectivity index (χ1n) is 6.20. The number of nitrogens with zero attached hydrogens (tertiary/aromatic N) is 4. The van der Waals surface area contributed by atoms with E-state index >= 15 is 0 Å². The van der Waals surface area contributed by atoms with Crippen LogP contribution in [0.5, 0.6) is 0 Å². The summed E-state index contributed by atoms with van der Waals surface area (Å²) in [4.78, 5) is 4.69. The summed E-state index contributed by atoms with van der Waals surface area (Å²) in [5.41, 5.74) is 4.74. The highest BCUT2D eigenvalue weighted by Crippen LogP contribution is 2.27. The second-order valence-corrected chi connectivity index (χ2v) is 4.71. The predicted octanol–water partition coefficient (Wildman–Crippen LogP) is 2.23. The average molecular weight is 238 g/mol. The van der Waals surface area contributed by atoms with Crippen LogP contribution in [0.1, 0.15) is 29.7 Å². The maximum Gasteiger partial charge on any atom is 0.101 e. The Balaban J connectivity index is 2.16. The van der Waals surface area contributed by atoms with Gasteiger partial charge in [-0.1, -0.05) is 0 Å². The molecule has 0 N–H and O–H groups in total. The molecule has 2 heterocycles. The molecule has 90 valence electrons. The van der Waals surface area contributed by atoms with Crippen LogP contribution in [0.3, 0.4) is 0 Å². The molecule has 0 aliphatic heterocycles. The Bertz CT molecular complexity index is 634. The van der Waals surface area contributed by atoms with Crippen molar-refractivity contribution in [1.82, 2.24) is 14.8 Å². The van der Waals surface area contributed by atoms with Crippen LogP contribution in [-0.2, 0) is 19.9 Å². The van der Waals surface area contributed by atoms with E-state index < -0.39 is 0 Å². The molecule has 0 unspecified atom stereocenters. The number of pyridine rings is 1. The molecule has 0 atom stereocenters. The molecular formula is C14H14N4. The zero-order valence-corrected chi connectivity index (χ0v) is 10.3. The highest BCUT2D eigenvalue weighted by Gasteiger charge is 2.16. The number of nitriles is 1. The van der Waals surface area contributed by atoms with E-state index in [1.54, 1.807) is 10.9 Å². The molecular weight excluding hydrogens is 224 g/mol. The smallest absolute Gasteiger partial charge is 0.101 e. The minimum atomic E-state index is 0.656. The quantitative estimate of drug-likeness (QED) is 0.765. The van der Waals surface area contributed by atoms with Gasteiger partial charge in [0.25, 0.3) is 0 Å². The topological polar surface area (TPSA) is 54.5 Å². The predicted molar refractivity (Wildman–Crippen MR) is 67.8 cm³/mol. The Morgan fingerprint density at radius 2 is 2.17 bits per heavy atom. The van der Waals surface area contributed by atoms with E-state index in [4.69, 9.17) is 4.98 Å². The summed E-state index contributed by atoms with van der Waals surface area (Å²) >= 11 is 0. The molecule has 1 aliphatic carbocycles. The summed E-state index contributed by atoms with van der Waals surface area (Å²) in [5.74, 6) is 0. The first kappa shape index (κ1) is 11.0. The molecule has 3 rings (SSSR count). The monoisotopic (exact) mass is 238 g/mol. The van der Waals surface area contributed by atoms with Crippen LogP contribution in [0.25, 0.3) is 11.3 Å². The number of aromatic nitrogens is 3. The van der Waals surface area contributed by atoms with Gasteiger partial charge in [0, 0.05) is 24.5 Å². The van der Waals surface area contributed by atoms with E-state index in [-0.39, 0.29) is 0 Å². The van der Waals surface area contributed by atoms with E-state index in [2.05, 4.69) is 11.2 Å². The third-order valence-electron chi connectivity index (χ3n) is 3.40. The van der Waals surface area contributed by atoms with Crippen molar-refractivity contribution < 1.29 is 0 Å². The Morgan fingerprint density at radius 1 is 1.33 bits per heavy atom. The summed E-state index contributed by atoms with van der Waals surface area (Å²) in [6.07, 6.45) is 8.12. The molecule has 4 nitrogen and oxygen atoms in total. The normalized spacial score (nSPS) is 14.0. The molecule has 0 fully saturated rings. The lowest BCUT2D eigenvalue weighted by atomic mass is 9.93. The van der Waals surface area contributed by atoms with Crippen molar-refractivity contribution in [2.45, 2.75) is 25.7 Å². The fourth-order valence-electron chi connectivity index (χ4n) is 2.48. The van der Waals surface area contributed by atoms with E-state index in [9.17, 15) is 5.26 Å². The van der Waals surface area contributed by atoms with Crippen LogP contribution < -0.4 is 0 Å². The maximum absolute atomic E-state index is 9.27. The largest absolute Gasteiger partial charge is 0.275 e. The molecule has 0 bridgehead atoms. The van der Waals surface area contributed by atoms with Gasteiger partial charge in [-0.3, -0.25) is 9.67 Å². The van der Waals surface area contributed by atoms with Gasteiger partial charge >= 0.3 is 0 Å². The fourth-order valence-corrected chi connectivity index (χ4v) is 2.48. The van der Waals surface area contributed by atoms with Gasteiger partial charge in [0.05, 0.1) is 17.5 Å². The zero-order valence-electron chi connectivity index (χ0n) is 10.3. The molecule has 2 aromatic rings. The van der Waals surface area contributed by atoms with Gasteiger partial charge in [0.2, 0.25) is 0 Å². The number of hydrogen-bond donors (Lipinski definition) is 0. The van der Waals surface area contributed by atoms with Gasteiger partial charge in [-0.15, -0.1) is 0 Å². The second kappa shape index (κ2) is 4.26. The van der Waals surface area contributed by atoms with E-state index in [0.717, 1.165) is 29.8 Å². The number of hydrogen-bond acceptors (Lipinski definition) is 3. The van der Waals surface area contributed by atoms with Crippen LogP contribution in [0, 0.1) is 11.3 Å².